The third-order valence-electron chi connectivity index (χ3n) is 3.51. The molecule has 2 N–H and O–H groups in total. The first-order valence-electron chi connectivity index (χ1n) is 7.25. The van der Waals surface area contributed by atoms with Crippen LogP contribution >= 0.6 is 12.2 Å². The molecule has 0 aliphatic carbocycles. The molecule has 0 spiro atoms. The molecule has 3 rings (SSSR count). The van der Waals surface area contributed by atoms with Gasteiger partial charge in [-0.15, -0.1) is 0 Å². The fraction of sp³-hybridized carbons (Fsp3) is 0.0556. The molecule has 24 heavy (non-hydrogen) atoms. The number of rotatable bonds is 2. The van der Waals surface area contributed by atoms with Crippen LogP contribution in [0.25, 0.3) is 11.0 Å². The number of hydrogen-bond donors (Lipinski definition) is 2. The van der Waals surface area contributed by atoms with Gasteiger partial charge in [-0.25, -0.2) is 4.79 Å². The van der Waals surface area contributed by atoms with Crippen LogP contribution in [-0.2, 0) is 0 Å². The second-order valence-electron chi connectivity index (χ2n) is 5.21. The standard InChI is InChI=1S/C18H14N2O3S/c1-11-6-2-4-8-14(11)19-18(24)20-16(21)13-10-12-7-3-5-9-15(12)23-17(13)22/h2-10H,1H3,(H2,19,20,21,24). The van der Waals surface area contributed by atoms with Crippen LogP contribution in [0, 0.1) is 6.92 Å². The number of anilines is 1. The van der Waals surface area contributed by atoms with Crippen LogP contribution in [0.1, 0.15) is 15.9 Å². The van der Waals surface area contributed by atoms with E-state index in [9.17, 15) is 9.59 Å². The van der Waals surface area contributed by atoms with Crippen molar-refractivity contribution in [2.45, 2.75) is 6.92 Å². The van der Waals surface area contributed by atoms with E-state index in [-0.39, 0.29) is 10.7 Å². The maximum absolute atomic E-state index is 12.3. The number of benzene rings is 2. The van der Waals surface area contributed by atoms with Crippen molar-refractivity contribution < 1.29 is 9.21 Å². The molecular weight excluding hydrogens is 324 g/mol. The molecule has 0 saturated heterocycles. The molecule has 0 aliphatic heterocycles. The Kier molecular flexibility index (Phi) is 4.39. The zero-order valence-electron chi connectivity index (χ0n) is 12.8. The maximum Gasteiger partial charge on any atom is 0.349 e. The molecule has 0 bridgehead atoms. The molecule has 1 heterocycles. The summed E-state index contributed by atoms with van der Waals surface area (Å²) in [5.41, 5.74) is 1.40. The summed E-state index contributed by atoms with van der Waals surface area (Å²) in [4.78, 5) is 24.3. The summed E-state index contributed by atoms with van der Waals surface area (Å²) < 4.78 is 5.15. The van der Waals surface area contributed by atoms with E-state index in [2.05, 4.69) is 10.6 Å². The van der Waals surface area contributed by atoms with E-state index in [0.717, 1.165) is 11.3 Å². The minimum absolute atomic E-state index is 0.0948. The van der Waals surface area contributed by atoms with Gasteiger partial charge >= 0.3 is 5.63 Å². The Balaban J connectivity index is 1.80. The largest absolute Gasteiger partial charge is 0.422 e. The highest BCUT2D eigenvalue weighted by Gasteiger charge is 2.15. The smallest absolute Gasteiger partial charge is 0.349 e. The van der Waals surface area contributed by atoms with Gasteiger partial charge in [-0.05, 0) is 42.9 Å². The molecule has 5 nitrogen and oxygen atoms in total. The van der Waals surface area contributed by atoms with Crippen molar-refractivity contribution in [2.75, 3.05) is 5.32 Å². The molecular formula is C18H14N2O3S. The number of nitrogens with one attached hydrogen (secondary N) is 2. The van der Waals surface area contributed by atoms with Gasteiger partial charge in [0.25, 0.3) is 5.91 Å². The molecule has 0 atom stereocenters. The Bertz CT molecular complexity index is 995. The van der Waals surface area contributed by atoms with Crippen LogP contribution in [0.2, 0.25) is 0 Å². The Labute approximate surface area is 143 Å². The quantitative estimate of drug-likeness (QED) is 0.554. The lowest BCUT2D eigenvalue weighted by atomic mass is 10.2. The molecule has 1 amide bonds. The van der Waals surface area contributed by atoms with Crippen LogP contribution in [0.5, 0.6) is 0 Å². The first-order valence-corrected chi connectivity index (χ1v) is 7.66. The highest BCUT2D eigenvalue weighted by Crippen LogP contribution is 2.14. The summed E-state index contributed by atoms with van der Waals surface area (Å²) in [7, 11) is 0. The maximum atomic E-state index is 12.3. The minimum atomic E-state index is -0.704. The van der Waals surface area contributed by atoms with E-state index in [1.165, 1.54) is 6.07 Å². The van der Waals surface area contributed by atoms with Crippen molar-refractivity contribution in [1.82, 2.24) is 5.32 Å². The first kappa shape index (κ1) is 15.9. The van der Waals surface area contributed by atoms with Crippen LogP contribution in [0.4, 0.5) is 5.69 Å². The van der Waals surface area contributed by atoms with Gasteiger partial charge in [-0.3, -0.25) is 10.1 Å². The van der Waals surface area contributed by atoms with Crippen LogP contribution in [0.3, 0.4) is 0 Å². The Hall–Kier alpha value is -2.99. The van der Waals surface area contributed by atoms with E-state index >= 15 is 0 Å². The number of carbonyl (C=O) groups excluding carboxylic acids is 1. The van der Waals surface area contributed by atoms with Gasteiger partial charge in [-0.2, -0.15) is 0 Å². The normalized spacial score (nSPS) is 10.4. The molecule has 3 aromatic rings. The number of aryl methyl sites for hydroxylation is 1. The summed E-state index contributed by atoms with van der Waals surface area (Å²) in [6.07, 6.45) is 0. The van der Waals surface area contributed by atoms with Gasteiger partial charge in [0.1, 0.15) is 11.1 Å². The van der Waals surface area contributed by atoms with Gasteiger partial charge in [0.2, 0.25) is 0 Å². The molecule has 0 fully saturated rings. The predicted octanol–water partition coefficient (Wildman–Crippen LogP) is 3.23. The van der Waals surface area contributed by atoms with Crippen molar-refractivity contribution in [3.63, 3.8) is 0 Å². The Morgan fingerprint density at radius 1 is 1.08 bits per heavy atom. The van der Waals surface area contributed by atoms with E-state index in [1.807, 2.05) is 31.2 Å². The van der Waals surface area contributed by atoms with E-state index in [0.29, 0.717) is 11.0 Å². The van der Waals surface area contributed by atoms with Crippen molar-refractivity contribution in [1.29, 1.82) is 0 Å². The zero-order chi connectivity index (χ0) is 17.1. The third kappa shape index (κ3) is 3.33. The molecule has 0 radical (unpaired) electrons. The topological polar surface area (TPSA) is 71.3 Å². The highest BCUT2D eigenvalue weighted by atomic mass is 32.1. The fourth-order valence-corrected chi connectivity index (χ4v) is 2.46. The molecule has 0 aliphatic rings. The number of para-hydroxylation sites is 2. The average molecular weight is 338 g/mol. The molecule has 0 saturated carbocycles. The Morgan fingerprint density at radius 3 is 2.58 bits per heavy atom. The molecule has 6 heteroatoms. The number of amides is 1. The van der Waals surface area contributed by atoms with Gasteiger partial charge in [0, 0.05) is 11.1 Å². The lowest BCUT2D eigenvalue weighted by Gasteiger charge is -2.11. The predicted molar refractivity (Wildman–Crippen MR) is 97.3 cm³/mol. The van der Waals surface area contributed by atoms with Crippen molar-refractivity contribution in [3.05, 3.63) is 76.1 Å². The SMILES string of the molecule is Cc1ccccc1NC(=S)NC(=O)c1cc2ccccc2oc1=O. The molecule has 0 unspecified atom stereocenters. The lowest BCUT2D eigenvalue weighted by Crippen LogP contribution is -2.36. The van der Waals surface area contributed by atoms with Crippen molar-refractivity contribution in [3.8, 4) is 0 Å². The van der Waals surface area contributed by atoms with E-state index in [1.54, 1.807) is 24.3 Å². The van der Waals surface area contributed by atoms with Crippen molar-refractivity contribution >= 4 is 39.9 Å². The summed E-state index contributed by atoms with van der Waals surface area (Å²) in [6.45, 7) is 1.92. The summed E-state index contributed by atoms with van der Waals surface area (Å²) >= 11 is 5.14. The number of thiocarbonyl (C=S) groups is 1. The highest BCUT2D eigenvalue weighted by molar-refractivity contribution is 7.80. The number of carbonyl (C=O) groups is 1. The van der Waals surface area contributed by atoms with Gasteiger partial charge in [0.05, 0.1) is 0 Å². The number of fused-ring (bicyclic) bond motifs is 1. The van der Waals surface area contributed by atoms with Gasteiger partial charge in [0.15, 0.2) is 5.11 Å². The van der Waals surface area contributed by atoms with Crippen LogP contribution in [0.15, 0.2) is 63.8 Å². The van der Waals surface area contributed by atoms with Crippen LogP contribution < -0.4 is 16.3 Å². The van der Waals surface area contributed by atoms with Crippen LogP contribution in [-0.4, -0.2) is 11.0 Å². The molecule has 2 aromatic carbocycles. The second-order valence-corrected chi connectivity index (χ2v) is 5.62. The van der Waals surface area contributed by atoms with Crippen molar-refractivity contribution in [2.24, 2.45) is 0 Å². The fourth-order valence-electron chi connectivity index (χ4n) is 2.26. The summed E-state index contributed by atoms with van der Waals surface area (Å²) in [5.74, 6) is -0.611. The first-order chi connectivity index (χ1) is 11.5. The Morgan fingerprint density at radius 2 is 1.79 bits per heavy atom. The lowest BCUT2D eigenvalue weighted by molar-refractivity contribution is 0.0974. The summed E-state index contributed by atoms with van der Waals surface area (Å²) in [6, 6.07) is 16.0. The number of hydrogen-bond acceptors (Lipinski definition) is 4. The molecule has 1 aromatic heterocycles. The van der Waals surface area contributed by atoms with E-state index < -0.39 is 11.5 Å². The monoisotopic (exact) mass is 338 g/mol. The average Bonchev–Trinajstić information content (AvgIpc) is 2.56. The molecule has 120 valence electrons. The zero-order valence-corrected chi connectivity index (χ0v) is 13.6. The van der Waals surface area contributed by atoms with E-state index in [4.69, 9.17) is 16.6 Å². The third-order valence-corrected chi connectivity index (χ3v) is 3.71. The second kappa shape index (κ2) is 6.64. The van der Waals surface area contributed by atoms with Gasteiger partial charge < -0.3 is 9.73 Å². The van der Waals surface area contributed by atoms with Gasteiger partial charge in [-0.1, -0.05) is 36.4 Å². The summed E-state index contributed by atoms with van der Waals surface area (Å²) in [5, 5.41) is 6.21. The minimum Gasteiger partial charge on any atom is -0.422 e.